The zero-order valence-corrected chi connectivity index (χ0v) is 17.4. The summed E-state index contributed by atoms with van der Waals surface area (Å²) in [5.74, 6) is 0. The van der Waals surface area contributed by atoms with E-state index in [1.807, 2.05) is 18.2 Å². The minimum absolute atomic E-state index is 0.0776. The summed E-state index contributed by atoms with van der Waals surface area (Å²) in [6.45, 7) is 4.08. The van der Waals surface area contributed by atoms with Crippen molar-refractivity contribution in [2.24, 2.45) is 0 Å². The highest BCUT2D eigenvalue weighted by molar-refractivity contribution is 7.89. The van der Waals surface area contributed by atoms with Crippen molar-refractivity contribution in [1.29, 1.82) is 0 Å². The van der Waals surface area contributed by atoms with Crippen LogP contribution in [0.3, 0.4) is 0 Å². The highest BCUT2D eigenvalue weighted by atomic mass is 35.5. The fraction of sp³-hybridized carbons (Fsp3) is 0.368. The number of hydrogen-bond donors (Lipinski definition) is 1. The molecule has 1 atom stereocenters. The van der Waals surface area contributed by atoms with E-state index in [1.165, 1.54) is 12.1 Å². The summed E-state index contributed by atoms with van der Waals surface area (Å²) in [6.07, 6.45) is 0. The zero-order chi connectivity index (χ0) is 21.0. The second-order valence-corrected chi connectivity index (χ2v) is 8.89. The van der Waals surface area contributed by atoms with Crippen molar-refractivity contribution >= 4 is 27.3 Å². The first-order valence-electron chi connectivity index (χ1n) is 9.10. The number of morpholine rings is 1. The lowest BCUT2D eigenvalue weighted by Gasteiger charge is -2.35. The molecule has 1 unspecified atom stereocenters. The maximum absolute atomic E-state index is 12.9. The Morgan fingerprint density at radius 3 is 2.59 bits per heavy atom. The van der Waals surface area contributed by atoms with Gasteiger partial charge in [0.25, 0.3) is 5.69 Å². The summed E-state index contributed by atoms with van der Waals surface area (Å²) < 4.78 is 33.9. The maximum atomic E-state index is 12.9. The lowest BCUT2D eigenvalue weighted by molar-refractivity contribution is -0.385. The van der Waals surface area contributed by atoms with Crippen LogP contribution >= 0.6 is 11.6 Å². The molecular formula is C19H22ClN3O5S. The van der Waals surface area contributed by atoms with Crippen molar-refractivity contribution < 1.29 is 18.1 Å². The predicted molar refractivity (Wildman–Crippen MR) is 110 cm³/mol. The Balaban J connectivity index is 1.88. The highest BCUT2D eigenvalue weighted by Gasteiger charge is 2.27. The van der Waals surface area contributed by atoms with Crippen LogP contribution in [-0.4, -0.2) is 51.1 Å². The number of benzene rings is 2. The largest absolute Gasteiger partial charge is 0.379 e. The number of sulfonamides is 1. The number of nitrogens with zero attached hydrogens (tertiary/aromatic N) is 2. The van der Waals surface area contributed by atoms with E-state index >= 15 is 0 Å². The molecule has 0 aromatic heterocycles. The van der Waals surface area contributed by atoms with Gasteiger partial charge in [0.05, 0.1) is 23.0 Å². The van der Waals surface area contributed by atoms with Crippen molar-refractivity contribution in [3.8, 4) is 0 Å². The van der Waals surface area contributed by atoms with Crippen LogP contribution in [0.5, 0.6) is 0 Å². The van der Waals surface area contributed by atoms with Gasteiger partial charge in [-0.3, -0.25) is 15.0 Å². The lowest BCUT2D eigenvalue weighted by atomic mass is 10.0. The number of nitro benzene ring substituents is 1. The van der Waals surface area contributed by atoms with E-state index in [2.05, 4.69) is 9.62 Å². The molecule has 1 N–H and O–H groups in total. The molecule has 0 aliphatic carbocycles. The summed E-state index contributed by atoms with van der Waals surface area (Å²) in [6, 6.07) is 10.8. The van der Waals surface area contributed by atoms with E-state index in [1.54, 1.807) is 13.0 Å². The van der Waals surface area contributed by atoms with Crippen molar-refractivity contribution in [2.45, 2.75) is 17.9 Å². The summed E-state index contributed by atoms with van der Waals surface area (Å²) in [7, 11) is -3.96. The quantitative estimate of drug-likeness (QED) is 0.525. The maximum Gasteiger partial charge on any atom is 0.270 e. The molecule has 1 heterocycles. The van der Waals surface area contributed by atoms with Gasteiger partial charge in [-0.15, -0.1) is 0 Å². The molecule has 8 nitrogen and oxygen atoms in total. The van der Waals surface area contributed by atoms with Gasteiger partial charge in [-0.2, -0.15) is 0 Å². The van der Waals surface area contributed by atoms with Crippen LogP contribution in [0.2, 0.25) is 5.02 Å². The summed E-state index contributed by atoms with van der Waals surface area (Å²) in [5, 5.41) is 11.6. The Bertz CT molecular complexity index is 993. The SMILES string of the molecule is Cc1ccc([N+](=O)[O-])cc1S(=O)(=O)NCC(c1ccccc1Cl)N1CCOCC1. The van der Waals surface area contributed by atoms with Gasteiger partial charge in [-0.05, 0) is 24.1 Å². The third kappa shape index (κ3) is 5.12. The fourth-order valence-corrected chi connectivity index (χ4v) is 4.89. The minimum Gasteiger partial charge on any atom is -0.379 e. The Hall–Kier alpha value is -2.04. The van der Waals surface area contributed by atoms with Gasteiger partial charge in [-0.1, -0.05) is 35.9 Å². The third-order valence-electron chi connectivity index (χ3n) is 4.89. The van der Waals surface area contributed by atoms with Gasteiger partial charge in [-0.25, -0.2) is 13.1 Å². The van der Waals surface area contributed by atoms with Crippen LogP contribution in [0.1, 0.15) is 17.2 Å². The van der Waals surface area contributed by atoms with Gasteiger partial charge in [0.15, 0.2) is 0 Å². The van der Waals surface area contributed by atoms with Crippen molar-refractivity contribution in [3.63, 3.8) is 0 Å². The molecule has 29 heavy (non-hydrogen) atoms. The number of rotatable bonds is 7. The number of halogens is 1. The fourth-order valence-electron chi connectivity index (χ4n) is 3.33. The first kappa shape index (κ1) is 21.7. The van der Waals surface area contributed by atoms with Gasteiger partial charge in [0, 0.05) is 42.8 Å². The molecule has 1 fully saturated rings. The molecule has 1 aliphatic heterocycles. The number of hydrogen-bond acceptors (Lipinski definition) is 6. The molecule has 1 saturated heterocycles. The second kappa shape index (κ2) is 9.19. The van der Waals surface area contributed by atoms with Crippen molar-refractivity contribution in [2.75, 3.05) is 32.8 Å². The Morgan fingerprint density at radius 2 is 1.93 bits per heavy atom. The Morgan fingerprint density at radius 1 is 1.24 bits per heavy atom. The molecule has 2 aromatic rings. The minimum atomic E-state index is -3.96. The predicted octanol–water partition coefficient (Wildman–Crippen LogP) is 2.91. The van der Waals surface area contributed by atoms with Crippen LogP contribution in [-0.2, 0) is 14.8 Å². The van der Waals surface area contributed by atoms with Crippen LogP contribution in [0.4, 0.5) is 5.69 Å². The standard InChI is InChI=1S/C19H22ClN3O5S/c1-14-6-7-15(23(24)25)12-19(14)29(26,27)21-13-18(22-8-10-28-11-9-22)16-4-2-3-5-17(16)20/h2-7,12,18,21H,8-11,13H2,1H3. The second-order valence-electron chi connectivity index (χ2n) is 6.74. The van der Waals surface area contributed by atoms with Crippen LogP contribution < -0.4 is 4.72 Å². The summed E-state index contributed by atoms with van der Waals surface area (Å²) in [4.78, 5) is 12.4. The van der Waals surface area contributed by atoms with Crippen LogP contribution in [0.15, 0.2) is 47.4 Å². The number of aryl methyl sites for hydroxylation is 1. The van der Waals surface area contributed by atoms with Gasteiger partial charge in [0.1, 0.15) is 0 Å². The third-order valence-corrected chi connectivity index (χ3v) is 6.80. The summed E-state index contributed by atoms with van der Waals surface area (Å²) >= 11 is 6.38. The first-order chi connectivity index (χ1) is 13.8. The molecule has 0 spiro atoms. The van der Waals surface area contributed by atoms with E-state index in [-0.39, 0.29) is 23.2 Å². The van der Waals surface area contributed by atoms with E-state index in [9.17, 15) is 18.5 Å². The van der Waals surface area contributed by atoms with Gasteiger partial charge < -0.3 is 4.74 Å². The average Bonchev–Trinajstić information content (AvgIpc) is 2.70. The number of nitro groups is 1. The van der Waals surface area contributed by atoms with Gasteiger partial charge in [0.2, 0.25) is 10.0 Å². The van der Waals surface area contributed by atoms with E-state index in [0.717, 1.165) is 11.6 Å². The van der Waals surface area contributed by atoms with Crippen LogP contribution in [0, 0.1) is 17.0 Å². The lowest BCUT2D eigenvalue weighted by Crippen LogP contribution is -2.44. The van der Waals surface area contributed by atoms with Crippen molar-refractivity contribution in [3.05, 3.63) is 68.7 Å². The Labute approximate surface area is 174 Å². The molecule has 0 bridgehead atoms. The van der Waals surface area contributed by atoms with Crippen LogP contribution in [0.25, 0.3) is 0 Å². The molecule has 2 aromatic carbocycles. The Kier molecular flexibility index (Phi) is 6.86. The molecule has 10 heteroatoms. The smallest absolute Gasteiger partial charge is 0.270 e. The molecular weight excluding hydrogens is 418 g/mol. The first-order valence-corrected chi connectivity index (χ1v) is 11.0. The monoisotopic (exact) mass is 439 g/mol. The number of nitrogens with one attached hydrogen (secondary N) is 1. The number of ether oxygens (including phenoxy) is 1. The topological polar surface area (TPSA) is 102 Å². The highest BCUT2D eigenvalue weighted by Crippen LogP contribution is 2.29. The molecule has 0 saturated carbocycles. The molecule has 1 aliphatic rings. The van der Waals surface area contributed by atoms with Gasteiger partial charge >= 0.3 is 0 Å². The van der Waals surface area contributed by atoms with E-state index in [0.29, 0.717) is 36.9 Å². The number of non-ortho nitro benzene ring substituents is 1. The summed E-state index contributed by atoms with van der Waals surface area (Å²) in [5.41, 5.74) is 0.977. The normalized spacial score (nSPS) is 16.5. The molecule has 0 radical (unpaired) electrons. The zero-order valence-electron chi connectivity index (χ0n) is 15.9. The van der Waals surface area contributed by atoms with E-state index in [4.69, 9.17) is 16.3 Å². The molecule has 3 rings (SSSR count). The van der Waals surface area contributed by atoms with E-state index < -0.39 is 14.9 Å². The van der Waals surface area contributed by atoms with Crippen molar-refractivity contribution in [1.82, 2.24) is 9.62 Å². The molecule has 0 amide bonds. The average molecular weight is 440 g/mol. The molecule has 156 valence electrons.